The van der Waals surface area contributed by atoms with E-state index in [-0.39, 0.29) is 12.4 Å². The molecule has 0 saturated heterocycles. The van der Waals surface area contributed by atoms with Crippen molar-refractivity contribution in [2.45, 2.75) is 12.5 Å². The number of anilines is 1. The van der Waals surface area contributed by atoms with Crippen LogP contribution in [0.4, 0.5) is 14.9 Å². The van der Waals surface area contributed by atoms with E-state index in [0.717, 1.165) is 0 Å². The van der Waals surface area contributed by atoms with Crippen LogP contribution in [0.15, 0.2) is 42.5 Å². The van der Waals surface area contributed by atoms with E-state index in [1.54, 1.807) is 43.3 Å². The predicted octanol–water partition coefficient (Wildman–Crippen LogP) is 3.53. The SMILES string of the molecule is COc1ccc(NC(=O)NCC(C)(OC)c2ccccc2F)cc1OC. The van der Waals surface area contributed by atoms with E-state index in [4.69, 9.17) is 14.2 Å². The summed E-state index contributed by atoms with van der Waals surface area (Å²) < 4.78 is 29.9. The topological polar surface area (TPSA) is 68.8 Å². The lowest BCUT2D eigenvalue weighted by Crippen LogP contribution is -2.42. The number of amides is 2. The lowest BCUT2D eigenvalue weighted by molar-refractivity contribution is 0.00235. The lowest BCUT2D eigenvalue weighted by Gasteiger charge is -2.29. The molecule has 26 heavy (non-hydrogen) atoms. The first-order chi connectivity index (χ1) is 12.4. The van der Waals surface area contributed by atoms with Crippen LogP contribution in [0.3, 0.4) is 0 Å². The summed E-state index contributed by atoms with van der Waals surface area (Å²) in [6.45, 7) is 1.80. The molecule has 1 unspecified atom stereocenters. The summed E-state index contributed by atoms with van der Waals surface area (Å²) in [6, 6.07) is 10.9. The molecular weight excluding hydrogens is 339 g/mol. The van der Waals surface area contributed by atoms with E-state index >= 15 is 0 Å². The van der Waals surface area contributed by atoms with Gasteiger partial charge in [0.1, 0.15) is 11.4 Å². The average Bonchev–Trinajstić information content (AvgIpc) is 2.66. The van der Waals surface area contributed by atoms with Crippen molar-refractivity contribution < 1.29 is 23.4 Å². The highest BCUT2D eigenvalue weighted by Gasteiger charge is 2.29. The molecule has 2 N–H and O–H groups in total. The molecule has 0 radical (unpaired) electrons. The summed E-state index contributed by atoms with van der Waals surface area (Å²) >= 11 is 0. The van der Waals surface area contributed by atoms with Crippen LogP contribution >= 0.6 is 0 Å². The molecule has 0 aliphatic rings. The van der Waals surface area contributed by atoms with Gasteiger partial charge in [0.05, 0.1) is 20.8 Å². The largest absolute Gasteiger partial charge is 0.493 e. The Morgan fingerprint density at radius 3 is 2.38 bits per heavy atom. The third-order valence-corrected chi connectivity index (χ3v) is 4.12. The normalized spacial score (nSPS) is 12.8. The van der Waals surface area contributed by atoms with Crippen LogP contribution in [-0.2, 0) is 10.3 Å². The zero-order valence-electron chi connectivity index (χ0n) is 15.3. The molecule has 2 rings (SSSR count). The van der Waals surface area contributed by atoms with Gasteiger partial charge in [0.2, 0.25) is 0 Å². The first-order valence-electron chi connectivity index (χ1n) is 8.00. The van der Waals surface area contributed by atoms with Gasteiger partial charge < -0.3 is 24.8 Å². The number of hydrogen-bond acceptors (Lipinski definition) is 4. The lowest BCUT2D eigenvalue weighted by atomic mass is 9.95. The summed E-state index contributed by atoms with van der Waals surface area (Å²) in [5.41, 5.74) is -0.0978. The molecule has 2 amide bonds. The molecule has 0 aliphatic carbocycles. The van der Waals surface area contributed by atoms with E-state index in [9.17, 15) is 9.18 Å². The van der Waals surface area contributed by atoms with Gasteiger partial charge in [-0.2, -0.15) is 0 Å². The Bertz CT molecular complexity index is 769. The van der Waals surface area contributed by atoms with Crippen molar-refractivity contribution in [1.29, 1.82) is 0 Å². The van der Waals surface area contributed by atoms with E-state index in [0.29, 0.717) is 22.7 Å². The minimum atomic E-state index is -1.000. The van der Waals surface area contributed by atoms with E-state index in [1.807, 2.05) is 0 Å². The summed E-state index contributed by atoms with van der Waals surface area (Å²) in [4.78, 5) is 12.2. The Kier molecular flexibility index (Phi) is 6.41. The quantitative estimate of drug-likeness (QED) is 0.791. The number of nitrogens with one attached hydrogen (secondary N) is 2. The minimum absolute atomic E-state index is 0.0869. The van der Waals surface area contributed by atoms with Crippen molar-refractivity contribution in [3.05, 3.63) is 53.8 Å². The number of rotatable bonds is 7. The molecule has 1 atom stereocenters. The fraction of sp³-hybridized carbons (Fsp3) is 0.316. The number of urea groups is 1. The fourth-order valence-corrected chi connectivity index (χ4v) is 2.51. The summed E-state index contributed by atoms with van der Waals surface area (Å²) in [5.74, 6) is 0.669. The van der Waals surface area contributed by atoms with Gasteiger partial charge in [-0.25, -0.2) is 9.18 Å². The fourth-order valence-electron chi connectivity index (χ4n) is 2.51. The molecule has 0 heterocycles. The van der Waals surface area contributed by atoms with Gasteiger partial charge in [0, 0.05) is 24.4 Å². The third-order valence-electron chi connectivity index (χ3n) is 4.12. The average molecular weight is 362 g/mol. The molecule has 0 fully saturated rings. The van der Waals surface area contributed by atoms with Crippen molar-refractivity contribution >= 4 is 11.7 Å². The van der Waals surface area contributed by atoms with Gasteiger partial charge in [0.15, 0.2) is 11.5 Å². The molecule has 6 nitrogen and oxygen atoms in total. The molecular formula is C19H23FN2O4. The zero-order chi connectivity index (χ0) is 19.2. The second kappa shape index (κ2) is 8.53. The van der Waals surface area contributed by atoms with Crippen molar-refractivity contribution in [1.82, 2.24) is 5.32 Å². The summed E-state index contributed by atoms with van der Waals surface area (Å²) in [7, 11) is 4.52. The van der Waals surface area contributed by atoms with E-state index in [1.165, 1.54) is 27.4 Å². The molecule has 140 valence electrons. The highest BCUT2D eigenvalue weighted by atomic mass is 19.1. The predicted molar refractivity (Wildman–Crippen MR) is 97.3 cm³/mol. The van der Waals surface area contributed by atoms with Crippen molar-refractivity contribution in [2.24, 2.45) is 0 Å². The van der Waals surface area contributed by atoms with Crippen LogP contribution in [0, 0.1) is 5.82 Å². The highest BCUT2D eigenvalue weighted by Crippen LogP contribution is 2.30. The zero-order valence-corrected chi connectivity index (χ0v) is 15.3. The minimum Gasteiger partial charge on any atom is -0.493 e. The third kappa shape index (κ3) is 4.43. The monoisotopic (exact) mass is 362 g/mol. The first-order valence-corrected chi connectivity index (χ1v) is 8.00. The Morgan fingerprint density at radius 2 is 1.77 bits per heavy atom. The van der Waals surface area contributed by atoms with Gasteiger partial charge in [0.25, 0.3) is 0 Å². The number of ether oxygens (including phenoxy) is 3. The number of methoxy groups -OCH3 is 3. The van der Waals surface area contributed by atoms with Gasteiger partial charge in [-0.15, -0.1) is 0 Å². The molecule has 0 aliphatic heterocycles. The van der Waals surface area contributed by atoms with Gasteiger partial charge in [-0.3, -0.25) is 0 Å². The molecule has 2 aromatic carbocycles. The highest BCUT2D eigenvalue weighted by molar-refractivity contribution is 5.89. The smallest absolute Gasteiger partial charge is 0.319 e. The molecule has 0 saturated carbocycles. The Labute approximate surface area is 152 Å². The second-order valence-corrected chi connectivity index (χ2v) is 5.79. The van der Waals surface area contributed by atoms with Crippen molar-refractivity contribution in [3.8, 4) is 11.5 Å². The first kappa shape index (κ1) is 19.5. The summed E-state index contributed by atoms with van der Waals surface area (Å²) in [6.07, 6.45) is 0. The second-order valence-electron chi connectivity index (χ2n) is 5.79. The van der Waals surface area contributed by atoms with Crippen LogP contribution in [0.1, 0.15) is 12.5 Å². The van der Waals surface area contributed by atoms with Crippen LogP contribution < -0.4 is 20.1 Å². The molecule has 0 spiro atoms. The summed E-state index contributed by atoms with van der Waals surface area (Å²) in [5, 5.41) is 5.40. The number of carbonyl (C=O) groups is 1. The Hall–Kier alpha value is -2.80. The van der Waals surface area contributed by atoms with Crippen molar-refractivity contribution in [3.63, 3.8) is 0 Å². The van der Waals surface area contributed by atoms with Crippen molar-refractivity contribution in [2.75, 3.05) is 33.2 Å². The molecule has 0 bridgehead atoms. The molecule has 0 aromatic heterocycles. The van der Waals surface area contributed by atoms with Gasteiger partial charge >= 0.3 is 6.03 Å². The van der Waals surface area contributed by atoms with Gasteiger partial charge in [-0.05, 0) is 25.1 Å². The van der Waals surface area contributed by atoms with Crippen LogP contribution in [0.25, 0.3) is 0 Å². The Morgan fingerprint density at radius 1 is 1.08 bits per heavy atom. The van der Waals surface area contributed by atoms with Crippen LogP contribution in [0.2, 0.25) is 0 Å². The Balaban J connectivity index is 2.04. The number of carbonyl (C=O) groups excluding carboxylic acids is 1. The maximum Gasteiger partial charge on any atom is 0.319 e. The standard InChI is InChI=1S/C19H23FN2O4/c1-19(26-4,14-7-5-6-8-15(14)20)12-21-18(23)22-13-9-10-16(24-2)17(11-13)25-3/h5-11H,12H2,1-4H3,(H2,21,22,23). The van der Waals surface area contributed by atoms with E-state index < -0.39 is 11.6 Å². The molecule has 7 heteroatoms. The maximum atomic E-state index is 14.1. The molecule has 2 aromatic rings. The van der Waals surface area contributed by atoms with E-state index in [2.05, 4.69) is 10.6 Å². The van der Waals surface area contributed by atoms with Crippen LogP contribution in [0.5, 0.6) is 11.5 Å². The maximum absolute atomic E-state index is 14.1. The number of halogens is 1. The number of benzene rings is 2. The van der Waals surface area contributed by atoms with Crippen LogP contribution in [-0.4, -0.2) is 33.9 Å². The van der Waals surface area contributed by atoms with Gasteiger partial charge in [-0.1, -0.05) is 18.2 Å². The number of hydrogen-bond donors (Lipinski definition) is 2.